The molecule has 1 unspecified atom stereocenters. The van der Waals surface area contributed by atoms with Gasteiger partial charge in [0.2, 0.25) is 0 Å². The highest BCUT2D eigenvalue weighted by atomic mass is 19.3. The quantitative estimate of drug-likeness (QED) is 0.496. The molecule has 0 aromatic rings. The van der Waals surface area contributed by atoms with Crippen LogP contribution in [0.15, 0.2) is 0 Å². The maximum Gasteiger partial charge on any atom is 0.384 e. The smallest absolute Gasteiger partial charge is 0.343 e. The molecule has 16 heavy (non-hydrogen) atoms. The molecule has 0 saturated carbocycles. The summed E-state index contributed by atoms with van der Waals surface area (Å²) in [7, 11) is 0. The molecule has 0 fully saturated rings. The van der Waals surface area contributed by atoms with E-state index in [1.165, 1.54) is 0 Å². The van der Waals surface area contributed by atoms with Crippen LogP contribution >= 0.6 is 0 Å². The van der Waals surface area contributed by atoms with Crippen molar-refractivity contribution >= 4 is 0 Å². The van der Waals surface area contributed by atoms with Crippen LogP contribution < -0.4 is 0 Å². The molecule has 8 heteroatoms. The second-order valence-electron chi connectivity index (χ2n) is 3.00. The lowest BCUT2D eigenvalue weighted by molar-refractivity contribution is -0.303. The van der Waals surface area contributed by atoms with Crippen molar-refractivity contribution in [2.24, 2.45) is 0 Å². The largest absolute Gasteiger partial charge is 0.384 e. The van der Waals surface area contributed by atoms with Gasteiger partial charge >= 0.3 is 18.3 Å². The second kappa shape index (κ2) is 5.70. The number of hydrogen-bond acceptors (Lipinski definition) is 1. The molecule has 0 aliphatic heterocycles. The van der Waals surface area contributed by atoms with Gasteiger partial charge in [0.25, 0.3) is 6.36 Å². The van der Waals surface area contributed by atoms with Crippen molar-refractivity contribution in [2.75, 3.05) is 6.61 Å². The van der Waals surface area contributed by atoms with Crippen molar-refractivity contribution in [3.05, 3.63) is 6.43 Å². The summed E-state index contributed by atoms with van der Waals surface area (Å²) in [5.41, 5.74) is 0. The fraction of sp³-hybridized carbons (Fsp3) is 0.875. The van der Waals surface area contributed by atoms with Gasteiger partial charge in [-0.05, 0) is 6.42 Å². The van der Waals surface area contributed by atoms with Crippen molar-refractivity contribution in [1.82, 2.24) is 0 Å². The summed E-state index contributed by atoms with van der Waals surface area (Å²) >= 11 is 0. The molecule has 1 radical (unpaired) electrons. The van der Waals surface area contributed by atoms with Gasteiger partial charge in [-0.2, -0.15) is 26.3 Å². The van der Waals surface area contributed by atoms with E-state index < -0.39 is 31.2 Å². The molecule has 0 heterocycles. The van der Waals surface area contributed by atoms with Gasteiger partial charge in [-0.3, -0.25) is 0 Å². The molecule has 0 saturated heterocycles. The topological polar surface area (TPSA) is 9.23 Å². The van der Waals surface area contributed by atoms with Gasteiger partial charge in [0.15, 0.2) is 0 Å². The summed E-state index contributed by atoms with van der Waals surface area (Å²) < 4.78 is 88.8. The zero-order valence-corrected chi connectivity index (χ0v) is 8.25. The lowest BCUT2D eigenvalue weighted by atomic mass is 10.2. The molecule has 0 aromatic heterocycles. The van der Waals surface area contributed by atoms with Crippen molar-refractivity contribution in [3.63, 3.8) is 0 Å². The average Bonchev–Trinajstić information content (AvgIpc) is 2.17. The van der Waals surface area contributed by atoms with Gasteiger partial charge in [-0.1, -0.05) is 13.3 Å². The van der Waals surface area contributed by atoms with Crippen LogP contribution in [0, 0.1) is 6.43 Å². The minimum Gasteiger partial charge on any atom is -0.343 e. The van der Waals surface area contributed by atoms with Gasteiger partial charge in [0.05, 0.1) is 6.61 Å². The first-order valence-electron chi connectivity index (χ1n) is 4.37. The van der Waals surface area contributed by atoms with Gasteiger partial charge in [0, 0.05) is 0 Å². The Hall–Kier alpha value is -0.530. The molecular weight excluding hydrogens is 245 g/mol. The molecule has 0 bridgehead atoms. The zero-order chi connectivity index (χ0) is 13.0. The highest BCUT2D eigenvalue weighted by Gasteiger charge is 2.69. The van der Waals surface area contributed by atoms with Crippen LogP contribution in [0.1, 0.15) is 19.8 Å². The lowest BCUT2D eigenvalue weighted by Gasteiger charge is -2.27. The van der Waals surface area contributed by atoms with Crippen molar-refractivity contribution in [1.29, 1.82) is 0 Å². The van der Waals surface area contributed by atoms with Gasteiger partial charge < -0.3 is 4.74 Å². The molecule has 0 aliphatic carbocycles. The van der Waals surface area contributed by atoms with E-state index in [0.717, 1.165) is 0 Å². The van der Waals surface area contributed by atoms with Gasteiger partial charge in [-0.25, -0.2) is 4.39 Å². The van der Waals surface area contributed by atoms with Crippen LogP contribution in [0.2, 0.25) is 0 Å². The monoisotopic (exact) mass is 255 g/mol. The maximum atomic E-state index is 12.6. The molecule has 0 rings (SSSR count). The number of alkyl halides is 5. The molecular formula is C8H10F7O. The van der Waals surface area contributed by atoms with E-state index in [-0.39, 0.29) is 6.42 Å². The molecule has 0 aliphatic rings. The Balaban J connectivity index is 4.51. The number of rotatable bonds is 7. The standard InChI is InChI=1S/C8H10F7O/c1-2-3-4-16-6(11)8(14,15)7(12,13)5(9)10/h6H,2-4H2,1H3. The van der Waals surface area contributed by atoms with E-state index in [9.17, 15) is 30.7 Å². The molecule has 97 valence electrons. The summed E-state index contributed by atoms with van der Waals surface area (Å²) in [6.07, 6.45) is -7.00. The fourth-order valence-electron chi connectivity index (χ4n) is 0.704. The van der Waals surface area contributed by atoms with Crippen LogP contribution in [0.3, 0.4) is 0 Å². The van der Waals surface area contributed by atoms with Crippen molar-refractivity contribution in [2.45, 2.75) is 38.0 Å². The first-order chi connectivity index (χ1) is 7.17. The Morgan fingerprint density at radius 1 is 1.19 bits per heavy atom. The number of hydrogen-bond donors (Lipinski definition) is 0. The maximum absolute atomic E-state index is 12.6. The minimum absolute atomic E-state index is 0.157. The zero-order valence-electron chi connectivity index (χ0n) is 8.25. The Kier molecular flexibility index (Phi) is 5.51. The SMILES string of the molecule is CCCCOC(F)C(F)(F)C(F)(F)[C](F)F. The summed E-state index contributed by atoms with van der Waals surface area (Å²) in [4.78, 5) is 0. The highest BCUT2D eigenvalue weighted by molar-refractivity contribution is 4.97. The predicted molar refractivity (Wildman–Crippen MR) is 41.1 cm³/mol. The van der Waals surface area contributed by atoms with Crippen LogP contribution in [-0.2, 0) is 4.74 Å². The van der Waals surface area contributed by atoms with Crippen LogP contribution in [0.5, 0.6) is 0 Å². The summed E-state index contributed by atoms with van der Waals surface area (Å²) in [6, 6.07) is 0. The Labute approximate surface area is 87.6 Å². The Bertz CT molecular complexity index is 207. The Morgan fingerprint density at radius 3 is 2.06 bits per heavy atom. The average molecular weight is 255 g/mol. The van der Waals surface area contributed by atoms with E-state index in [2.05, 4.69) is 4.74 Å². The van der Waals surface area contributed by atoms with Crippen molar-refractivity contribution < 1.29 is 35.5 Å². The van der Waals surface area contributed by atoms with E-state index in [1.54, 1.807) is 6.92 Å². The predicted octanol–water partition coefficient (Wildman–Crippen LogP) is 3.80. The minimum atomic E-state index is -5.83. The molecule has 0 amide bonds. The summed E-state index contributed by atoms with van der Waals surface area (Å²) in [6.45, 7) is 1.08. The third-order valence-electron chi connectivity index (χ3n) is 1.70. The molecule has 0 N–H and O–H groups in total. The van der Waals surface area contributed by atoms with Crippen LogP contribution in [-0.4, -0.2) is 24.8 Å². The molecule has 0 aromatic carbocycles. The van der Waals surface area contributed by atoms with Crippen molar-refractivity contribution in [3.8, 4) is 0 Å². The highest BCUT2D eigenvalue weighted by Crippen LogP contribution is 2.45. The normalized spacial score (nSPS) is 15.6. The third-order valence-corrected chi connectivity index (χ3v) is 1.70. The van der Waals surface area contributed by atoms with E-state index in [1.807, 2.05) is 0 Å². The van der Waals surface area contributed by atoms with Crippen LogP contribution in [0.4, 0.5) is 30.7 Å². The number of halogens is 7. The van der Waals surface area contributed by atoms with E-state index in [4.69, 9.17) is 0 Å². The molecule has 1 nitrogen and oxygen atoms in total. The second-order valence-corrected chi connectivity index (χ2v) is 3.00. The Morgan fingerprint density at radius 2 is 1.69 bits per heavy atom. The number of ether oxygens (including phenoxy) is 1. The summed E-state index contributed by atoms with van der Waals surface area (Å²) in [5.74, 6) is -11.4. The van der Waals surface area contributed by atoms with E-state index >= 15 is 0 Å². The lowest BCUT2D eigenvalue weighted by Crippen LogP contribution is -2.50. The van der Waals surface area contributed by atoms with Gasteiger partial charge in [0.1, 0.15) is 0 Å². The number of unbranched alkanes of at least 4 members (excludes halogenated alkanes) is 1. The van der Waals surface area contributed by atoms with Crippen LogP contribution in [0.25, 0.3) is 0 Å². The molecule has 0 spiro atoms. The summed E-state index contributed by atoms with van der Waals surface area (Å²) in [5, 5.41) is 0. The first-order valence-corrected chi connectivity index (χ1v) is 4.37. The first kappa shape index (κ1) is 15.5. The third kappa shape index (κ3) is 3.23. The van der Waals surface area contributed by atoms with Gasteiger partial charge in [-0.15, -0.1) is 0 Å². The van der Waals surface area contributed by atoms with E-state index in [0.29, 0.717) is 6.42 Å². The molecule has 1 atom stereocenters. The fourth-order valence-corrected chi connectivity index (χ4v) is 0.704.